The van der Waals surface area contributed by atoms with Crippen LogP contribution < -0.4 is 5.73 Å². The normalized spacial score (nSPS) is 10.9. The number of H-pyrrole nitrogens is 1. The zero-order chi connectivity index (χ0) is 9.42. The molecule has 1 aromatic carbocycles. The Labute approximate surface area is 74.0 Å². The quantitative estimate of drug-likeness (QED) is 0.622. The fraction of sp³-hybridized carbons (Fsp3) is 0.111. The molecule has 3 nitrogen and oxygen atoms in total. The maximum Gasteiger partial charge on any atom is 0.147 e. The molecule has 0 radical (unpaired) electrons. The molecule has 4 heteroatoms. The van der Waals surface area contributed by atoms with Crippen molar-refractivity contribution in [2.75, 3.05) is 0 Å². The van der Waals surface area contributed by atoms with Crippen molar-refractivity contribution < 1.29 is 9.50 Å². The van der Waals surface area contributed by atoms with Gasteiger partial charge in [-0.1, -0.05) is 0 Å². The zero-order valence-electron chi connectivity index (χ0n) is 6.84. The first-order chi connectivity index (χ1) is 6.24. The summed E-state index contributed by atoms with van der Waals surface area (Å²) in [6, 6.07) is 2.54. The molecule has 1 aromatic heterocycles. The van der Waals surface area contributed by atoms with Crippen LogP contribution in [0.1, 0.15) is 5.56 Å². The number of fused-ring (bicyclic) bond motifs is 1. The molecule has 0 atom stereocenters. The number of phenols is 1. The summed E-state index contributed by atoms with van der Waals surface area (Å²) in [5, 5.41) is 9.93. The Balaban J connectivity index is 2.87. The van der Waals surface area contributed by atoms with Crippen LogP contribution >= 0.6 is 0 Å². The highest BCUT2D eigenvalue weighted by Crippen LogP contribution is 2.29. The van der Waals surface area contributed by atoms with Crippen molar-refractivity contribution in [2.24, 2.45) is 5.73 Å². The number of aromatic hydroxyl groups is 1. The minimum Gasteiger partial charge on any atom is -0.507 e. The van der Waals surface area contributed by atoms with Crippen LogP contribution in [0.15, 0.2) is 18.3 Å². The van der Waals surface area contributed by atoms with Crippen LogP contribution in [0.3, 0.4) is 0 Å². The lowest BCUT2D eigenvalue weighted by Gasteiger charge is -1.98. The van der Waals surface area contributed by atoms with Crippen LogP contribution in [0.25, 0.3) is 10.9 Å². The van der Waals surface area contributed by atoms with Crippen molar-refractivity contribution in [3.8, 4) is 5.75 Å². The molecule has 0 bridgehead atoms. The lowest BCUT2D eigenvalue weighted by Crippen LogP contribution is -1.94. The lowest BCUT2D eigenvalue weighted by atomic mass is 10.1. The average molecular weight is 180 g/mol. The van der Waals surface area contributed by atoms with E-state index in [1.807, 2.05) is 0 Å². The van der Waals surface area contributed by atoms with Crippen molar-refractivity contribution in [1.29, 1.82) is 0 Å². The molecule has 68 valence electrons. The van der Waals surface area contributed by atoms with Crippen LogP contribution in [-0.4, -0.2) is 10.1 Å². The Hall–Kier alpha value is -1.55. The predicted octanol–water partition coefficient (Wildman–Crippen LogP) is 1.47. The monoisotopic (exact) mass is 180 g/mol. The second-order valence-electron chi connectivity index (χ2n) is 2.83. The Bertz CT molecular complexity index is 450. The minimum absolute atomic E-state index is 0.0538. The number of aromatic nitrogens is 1. The fourth-order valence-corrected chi connectivity index (χ4v) is 1.42. The second kappa shape index (κ2) is 2.74. The van der Waals surface area contributed by atoms with E-state index in [1.54, 1.807) is 6.20 Å². The average Bonchev–Trinajstić information content (AvgIpc) is 2.56. The van der Waals surface area contributed by atoms with Gasteiger partial charge in [0, 0.05) is 18.1 Å². The summed E-state index contributed by atoms with van der Waals surface area (Å²) >= 11 is 0. The predicted molar refractivity (Wildman–Crippen MR) is 47.8 cm³/mol. The molecule has 0 saturated carbocycles. The molecule has 0 amide bonds. The summed E-state index contributed by atoms with van der Waals surface area (Å²) in [7, 11) is 0. The topological polar surface area (TPSA) is 62.0 Å². The first-order valence-electron chi connectivity index (χ1n) is 3.91. The van der Waals surface area contributed by atoms with E-state index in [-0.39, 0.29) is 18.1 Å². The molecule has 13 heavy (non-hydrogen) atoms. The maximum atomic E-state index is 13.1. The van der Waals surface area contributed by atoms with Crippen molar-refractivity contribution in [1.82, 2.24) is 4.98 Å². The Morgan fingerprint density at radius 3 is 2.92 bits per heavy atom. The minimum atomic E-state index is -0.382. The summed E-state index contributed by atoms with van der Waals surface area (Å²) in [6.07, 6.45) is 1.60. The maximum absolute atomic E-state index is 13.1. The molecular formula is C9H9FN2O. The van der Waals surface area contributed by atoms with E-state index in [1.165, 1.54) is 12.1 Å². The molecular weight excluding hydrogens is 171 g/mol. The molecule has 0 aliphatic rings. The summed E-state index contributed by atoms with van der Waals surface area (Å²) in [6.45, 7) is 0.275. The van der Waals surface area contributed by atoms with Gasteiger partial charge in [-0.2, -0.15) is 0 Å². The van der Waals surface area contributed by atoms with Gasteiger partial charge in [0.1, 0.15) is 11.6 Å². The molecule has 2 aromatic rings. The molecule has 1 heterocycles. The van der Waals surface area contributed by atoms with Gasteiger partial charge in [-0.25, -0.2) is 4.39 Å². The van der Waals surface area contributed by atoms with Gasteiger partial charge < -0.3 is 15.8 Å². The molecule has 0 spiro atoms. The highest BCUT2D eigenvalue weighted by Gasteiger charge is 2.10. The van der Waals surface area contributed by atoms with E-state index in [9.17, 15) is 9.50 Å². The summed E-state index contributed by atoms with van der Waals surface area (Å²) in [5.41, 5.74) is 6.45. The summed E-state index contributed by atoms with van der Waals surface area (Å²) < 4.78 is 13.1. The molecule has 4 N–H and O–H groups in total. The van der Waals surface area contributed by atoms with Crippen LogP contribution in [0, 0.1) is 5.82 Å². The summed E-state index contributed by atoms with van der Waals surface area (Å²) in [4.78, 5) is 2.73. The molecule has 0 unspecified atom stereocenters. The van der Waals surface area contributed by atoms with Crippen molar-refractivity contribution in [2.45, 2.75) is 6.54 Å². The van der Waals surface area contributed by atoms with Gasteiger partial charge in [0.2, 0.25) is 0 Å². The van der Waals surface area contributed by atoms with Gasteiger partial charge in [0.15, 0.2) is 0 Å². The van der Waals surface area contributed by atoms with E-state index >= 15 is 0 Å². The Morgan fingerprint density at radius 2 is 2.23 bits per heavy atom. The van der Waals surface area contributed by atoms with Gasteiger partial charge in [-0.05, 0) is 17.7 Å². The third kappa shape index (κ3) is 1.07. The van der Waals surface area contributed by atoms with Gasteiger partial charge in [0.05, 0.1) is 5.52 Å². The molecule has 0 fully saturated rings. The van der Waals surface area contributed by atoms with E-state index in [0.29, 0.717) is 16.5 Å². The number of hydrogen-bond donors (Lipinski definition) is 3. The molecule has 0 aliphatic heterocycles. The molecule has 0 saturated heterocycles. The molecule has 2 rings (SSSR count). The number of phenolic OH excluding ortho intramolecular Hbond substituents is 1. The third-order valence-corrected chi connectivity index (χ3v) is 2.06. The number of aromatic amines is 1. The number of nitrogens with one attached hydrogen (secondary N) is 1. The second-order valence-corrected chi connectivity index (χ2v) is 2.83. The fourth-order valence-electron chi connectivity index (χ4n) is 1.42. The smallest absolute Gasteiger partial charge is 0.147 e. The number of hydrogen-bond acceptors (Lipinski definition) is 2. The SMILES string of the molecule is NCc1c[nH]c2c(F)ccc(O)c12. The third-order valence-electron chi connectivity index (χ3n) is 2.06. The Kier molecular flexibility index (Phi) is 1.70. The van der Waals surface area contributed by atoms with Crippen molar-refractivity contribution >= 4 is 10.9 Å². The number of rotatable bonds is 1. The van der Waals surface area contributed by atoms with Gasteiger partial charge >= 0.3 is 0 Å². The van der Waals surface area contributed by atoms with Crippen molar-refractivity contribution in [3.63, 3.8) is 0 Å². The number of halogens is 1. The first-order valence-corrected chi connectivity index (χ1v) is 3.91. The standard InChI is InChI=1S/C9H9FN2O/c10-6-1-2-7(13)8-5(3-11)4-12-9(6)8/h1-2,4,12-13H,3,11H2. The van der Waals surface area contributed by atoms with Crippen LogP contribution in [0.4, 0.5) is 4.39 Å². The lowest BCUT2D eigenvalue weighted by molar-refractivity contribution is 0.480. The van der Waals surface area contributed by atoms with Gasteiger partial charge in [-0.3, -0.25) is 0 Å². The highest BCUT2D eigenvalue weighted by molar-refractivity contribution is 5.89. The Morgan fingerprint density at radius 1 is 1.46 bits per heavy atom. The first kappa shape index (κ1) is 8.07. The number of benzene rings is 1. The van der Waals surface area contributed by atoms with E-state index in [0.717, 1.165) is 0 Å². The van der Waals surface area contributed by atoms with Crippen molar-refractivity contribution in [3.05, 3.63) is 29.7 Å². The zero-order valence-corrected chi connectivity index (χ0v) is 6.84. The van der Waals surface area contributed by atoms with Crippen LogP contribution in [-0.2, 0) is 6.54 Å². The number of nitrogens with two attached hydrogens (primary N) is 1. The van der Waals surface area contributed by atoms with Crippen LogP contribution in [0.2, 0.25) is 0 Å². The van der Waals surface area contributed by atoms with E-state index in [4.69, 9.17) is 5.73 Å². The van der Waals surface area contributed by atoms with E-state index in [2.05, 4.69) is 4.98 Å². The van der Waals surface area contributed by atoms with E-state index < -0.39 is 0 Å². The largest absolute Gasteiger partial charge is 0.507 e. The van der Waals surface area contributed by atoms with Gasteiger partial charge in [0.25, 0.3) is 0 Å². The van der Waals surface area contributed by atoms with Gasteiger partial charge in [-0.15, -0.1) is 0 Å². The molecule has 0 aliphatic carbocycles. The van der Waals surface area contributed by atoms with Crippen LogP contribution in [0.5, 0.6) is 5.75 Å². The highest BCUT2D eigenvalue weighted by atomic mass is 19.1. The summed E-state index contributed by atoms with van der Waals surface area (Å²) in [5.74, 6) is -0.328.